The number of benzene rings is 1. The van der Waals surface area contributed by atoms with Gasteiger partial charge in [-0.2, -0.15) is 5.26 Å². The molecule has 0 atom stereocenters. The van der Waals surface area contributed by atoms with Crippen molar-refractivity contribution >= 4 is 17.3 Å². The Bertz CT molecular complexity index is 513. The summed E-state index contributed by atoms with van der Waals surface area (Å²) in [6.07, 6.45) is 1.80. The molecule has 5 heteroatoms. The standard InChI is InChI=1S/C14H18N4O/c1-10(19)17-13-4-6-18(7-5-13)14-3-2-12(16)8-11(14)9-15/h2-3,8,13H,4-7,16H2,1H3,(H,17,19). The van der Waals surface area contributed by atoms with Crippen molar-refractivity contribution in [2.45, 2.75) is 25.8 Å². The SMILES string of the molecule is CC(=O)NC1CCN(c2ccc(N)cc2C#N)CC1. The van der Waals surface area contributed by atoms with E-state index >= 15 is 0 Å². The van der Waals surface area contributed by atoms with E-state index in [1.807, 2.05) is 12.1 Å². The molecule has 0 saturated carbocycles. The minimum absolute atomic E-state index is 0.0173. The summed E-state index contributed by atoms with van der Waals surface area (Å²) in [4.78, 5) is 13.2. The lowest BCUT2D eigenvalue weighted by molar-refractivity contribution is -0.119. The molecule has 1 amide bonds. The van der Waals surface area contributed by atoms with Gasteiger partial charge in [0.25, 0.3) is 0 Å². The zero-order valence-corrected chi connectivity index (χ0v) is 11.0. The van der Waals surface area contributed by atoms with Crippen LogP contribution in [0.15, 0.2) is 18.2 Å². The van der Waals surface area contributed by atoms with Crippen LogP contribution < -0.4 is 16.0 Å². The van der Waals surface area contributed by atoms with Crippen LogP contribution in [0.1, 0.15) is 25.3 Å². The molecule has 1 aromatic rings. The number of hydrogen-bond donors (Lipinski definition) is 2. The van der Waals surface area contributed by atoms with Crippen LogP contribution >= 0.6 is 0 Å². The van der Waals surface area contributed by atoms with Crippen molar-refractivity contribution in [1.29, 1.82) is 5.26 Å². The second-order valence-electron chi connectivity index (χ2n) is 4.85. The van der Waals surface area contributed by atoms with E-state index in [1.54, 1.807) is 13.0 Å². The van der Waals surface area contributed by atoms with E-state index in [0.717, 1.165) is 31.6 Å². The molecule has 1 aliphatic heterocycles. The Morgan fingerprint density at radius 3 is 2.74 bits per heavy atom. The first-order valence-electron chi connectivity index (χ1n) is 6.42. The number of anilines is 2. The molecule has 100 valence electrons. The first-order valence-corrected chi connectivity index (χ1v) is 6.42. The minimum Gasteiger partial charge on any atom is -0.399 e. The highest BCUT2D eigenvalue weighted by Gasteiger charge is 2.21. The minimum atomic E-state index is 0.0173. The van der Waals surface area contributed by atoms with E-state index in [1.165, 1.54) is 0 Å². The quantitative estimate of drug-likeness (QED) is 0.782. The molecule has 3 N–H and O–H groups in total. The van der Waals surface area contributed by atoms with Crippen molar-refractivity contribution < 1.29 is 4.79 Å². The molecule has 0 spiro atoms. The molecule has 5 nitrogen and oxygen atoms in total. The molecule has 19 heavy (non-hydrogen) atoms. The van der Waals surface area contributed by atoms with Gasteiger partial charge in [-0.3, -0.25) is 4.79 Å². The second-order valence-corrected chi connectivity index (χ2v) is 4.85. The van der Waals surface area contributed by atoms with Gasteiger partial charge in [0.15, 0.2) is 0 Å². The largest absolute Gasteiger partial charge is 0.399 e. The van der Waals surface area contributed by atoms with Gasteiger partial charge in [-0.1, -0.05) is 0 Å². The van der Waals surface area contributed by atoms with Crippen molar-refractivity contribution in [3.63, 3.8) is 0 Å². The number of amides is 1. The highest BCUT2D eigenvalue weighted by atomic mass is 16.1. The second kappa shape index (κ2) is 5.61. The van der Waals surface area contributed by atoms with Gasteiger partial charge in [0.2, 0.25) is 5.91 Å². The van der Waals surface area contributed by atoms with E-state index < -0.39 is 0 Å². The van der Waals surface area contributed by atoms with Gasteiger partial charge in [0.05, 0.1) is 11.3 Å². The van der Waals surface area contributed by atoms with Gasteiger partial charge in [0.1, 0.15) is 6.07 Å². The number of nitrogens with two attached hydrogens (primary N) is 1. The van der Waals surface area contributed by atoms with Crippen molar-refractivity contribution in [2.75, 3.05) is 23.7 Å². The molecule has 1 fully saturated rings. The summed E-state index contributed by atoms with van der Waals surface area (Å²) in [5.41, 5.74) is 7.84. The summed E-state index contributed by atoms with van der Waals surface area (Å²) in [6, 6.07) is 7.84. The summed E-state index contributed by atoms with van der Waals surface area (Å²) < 4.78 is 0. The topological polar surface area (TPSA) is 82.2 Å². The Labute approximate surface area is 113 Å². The van der Waals surface area contributed by atoms with Crippen LogP contribution in [0.5, 0.6) is 0 Å². The summed E-state index contributed by atoms with van der Waals surface area (Å²) in [5.74, 6) is 0.0173. The first-order chi connectivity index (χ1) is 9.10. The number of carbonyl (C=O) groups is 1. The Balaban J connectivity index is 2.06. The Morgan fingerprint density at radius 1 is 1.47 bits per heavy atom. The number of nitrogens with zero attached hydrogens (tertiary/aromatic N) is 2. The van der Waals surface area contributed by atoms with Gasteiger partial charge in [-0.25, -0.2) is 0 Å². The van der Waals surface area contributed by atoms with Crippen molar-refractivity contribution in [3.8, 4) is 6.07 Å². The summed E-state index contributed by atoms with van der Waals surface area (Å²) >= 11 is 0. The predicted molar refractivity (Wildman–Crippen MR) is 74.6 cm³/mol. The number of carbonyl (C=O) groups excluding carboxylic acids is 1. The lowest BCUT2D eigenvalue weighted by Gasteiger charge is -2.34. The fourth-order valence-electron chi connectivity index (χ4n) is 2.47. The third kappa shape index (κ3) is 3.16. The van der Waals surface area contributed by atoms with Crippen LogP contribution in [0, 0.1) is 11.3 Å². The Hall–Kier alpha value is -2.22. The fourth-order valence-corrected chi connectivity index (χ4v) is 2.47. The molecule has 2 rings (SSSR count). The van der Waals surface area contributed by atoms with Gasteiger partial charge in [0, 0.05) is 31.7 Å². The first kappa shape index (κ1) is 13.2. The maximum Gasteiger partial charge on any atom is 0.217 e. The summed E-state index contributed by atoms with van der Waals surface area (Å²) in [7, 11) is 0. The zero-order valence-electron chi connectivity index (χ0n) is 11.0. The molecular weight excluding hydrogens is 240 g/mol. The van der Waals surface area contributed by atoms with E-state index in [2.05, 4.69) is 16.3 Å². The fraction of sp³-hybridized carbons (Fsp3) is 0.429. The molecule has 0 unspecified atom stereocenters. The van der Waals surface area contributed by atoms with Gasteiger partial charge < -0.3 is 16.0 Å². The third-order valence-electron chi connectivity index (χ3n) is 3.38. The zero-order chi connectivity index (χ0) is 13.8. The van der Waals surface area contributed by atoms with Crippen molar-refractivity contribution in [3.05, 3.63) is 23.8 Å². The van der Waals surface area contributed by atoms with Crippen LogP contribution in [0.4, 0.5) is 11.4 Å². The van der Waals surface area contributed by atoms with E-state index in [9.17, 15) is 4.79 Å². The number of hydrogen-bond acceptors (Lipinski definition) is 4. The van der Waals surface area contributed by atoms with Gasteiger partial charge in [-0.05, 0) is 31.0 Å². The summed E-state index contributed by atoms with van der Waals surface area (Å²) in [6.45, 7) is 3.22. The van der Waals surface area contributed by atoms with Gasteiger partial charge >= 0.3 is 0 Å². The molecule has 1 aromatic carbocycles. The average Bonchev–Trinajstić information content (AvgIpc) is 2.39. The lowest BCUT2D eigenvalue weighted by Crippen LogP contribution is -2.44. The molecule has 0 bridgehead atoms. The lowest BCUT2D eigenvalue weighted by atomic mass is 10.0. The normalized spacial score (nSPS) is 15.9. The molecular formula is C14H18N4O. The Morgan fingerprint density at radius 2 is 2.16 bits per heavy atom. The van der Waals surface area contributed by atoms with E-state index in [0.29, 0.717) is 11.3 Å². The molecule has 1 saturated heterocycles. The number of nitrogen functional groups attached to an aromatic ring is 1. The number of nitriles is 1. The third-order valence-corrected chi connectivity index (χ3v) is 3.38. The number of nitrogens with one attached hydrogen (secondary N) is 1. The van der Waals surface area contributed by atoms with E-state index in [4.69, 9.17) is 11.0 Å². The number of rotatable bonds is 2. The molecule has 1 aliphatic rings. The van der Waals surface area contributed by atoms with Crippen molar-refractivity contribution in [1.82, 2.24) is 5.32 Å². The Kier molecular flexibility index (Phi) is 3.91. The van der Waals surface area contributed by atoms with Crippen LogP contribution in [-0.2, 0) is 4.79 Å². The maximum absolute atomic E-state index is 11.0. The highest BCUT2D eigenvalue weighted by Crippen LogP contribution is 2.25. The highest BCUT2D eigenvalue weighted by molar-refractivity contribution is 5.73. The van der Waals surface area contributed by atoms with Crippen LogP contribution in [0.2, 0.25) is 0 Å². The van der Waals surface area contributed by atoms with Crippen LogP contribution in [0.3, 0.4) is 0 Å². The monoisotopic (exact) mass is 258 g/mol. The van der Waals surface area contributed by atoms with Gasteiger partial charge in [-0.15, -0.1) is 0 Å². The van der Waals surface area contributed by atoms with E-state index in [-0.39, 0.29) is 11.9 Å². The average molecular weight is 258 g/mol. The molecule has 1 heterocycles. The smallest absolute Gasteiger partial charge is 0.217 e. The number of piperidine rings is 1. The van der Waals surface area contributed by atoms with Crippen molar-refractivity contribution in [2.24, 2.45) is 0 Å². The van der Waals surface area contributed by atoms with Crippen LogP contribution in [-0.4, -0.2) is 25.0 Å². The molecule has 0 radical (unpaired) electrons. The molecule has 0 aromatic heterocycles. The maximum atomic E-state index is 11.0. The predicted octanol–water partition coefficient (Wildman–Crippen LogP) is 1.25. The van der Waals surface area contributed by atoms with Crippen LogP contribution in [0.25, 0.3) is 0 Å². The molecule has 0 aliphatic carbocycles. The summed E-state index contributed by atoms with van der Waals surface area (Å²) in [5, 5.41) is 12.1.